The molecule has 0 atom stereocenters. The Morgan fingerprint density at radius 1 is 1.35 bits per heavy atom. The maximum Gasteiger partial charge on any atom is 0.132 e. The molecule has 0 saturated heterocycles. The fourth-order valence-corrected chi connectivity index (χ4v) is 2.04. The number of aromatic nitrogens is 2. The first kappa shape index (κ1) is 14.4. The van der Waals surface area contributed by atoms with Gasteiger partial charge >= 0.3 is 0 Å². The molecule has 0 amide bonds. The summed E-state index contributed by atoms with van der Waals surface area (Å²) in [4.78, 5) is 8.83. The summed E-state index contributed by atoms with van der Waals surface area (Å²) in [6.45, 7) is 7.62. The summed E-state index contributed by atoms with van der Waals surface area (Å²) in [6.07, 6.45) is 4.44. The minimum absolute atomic E-state index is 0.768. The van der Waals surface area contributed by atoms with Gasteiger partial charge in [-0.15, -0.1) is 0 Å². The monoisotopic (exact) mass is 299 g/mol. The second-order valence-corrected chi connectivity index (χ2v) is 5.52. The van der Waals surface area contributed by atoms with Crippen LogP contribution in [0.5, 0.6) is 0 Å². The van der Waals surface area contributed by atoms with Gasteiger partial charge < -0.3 is 5.32 Å². The molecule has 3 nitrogen and oxygen atoms in total. The molecule has 0 aliphatic rings. The Balaban J connectivity index is 2.46. The van der Waals surface area contributed by atoms with Crippen molar-refractivity contribution in [3.05, 3.63) is 16.5 Å². The third-order valence-corrected chi connectivity index (χ3v) is 2.89. The lowest BCUT2D eigenvalue weighted by molar-refractivity contribution is 0.566. The highest BCUT2D eigenvalue weighted by molar-refractivity contribution is 9.10. The molecule has 1 aromatic rings. The Morgan fingerprint density at radius 3 is 2.76 bits per heavy atom. The van der Waals surface area contributed by atoms with Gasteiger partial charge in [-0.25, -0.2) is 9.97 Å². The number of halogens is 1. The summed E-state index contributed by atoms with van der Waals surface area (Å²) in [5.41, 5.74) is 0. The van der Waals surface area contributed by atoms with Gasteiger partial charge in [-0.2, -0.15) is 0 Å². The first-order chi connectivity index (χ1) is 8.11. The van der Waals surface area contributed by atoms with E-state index in [1.54, 1.807) is 0 Å². The van der Waals surface area contributed by atoms with E-state index < -0.39 is 0 Å². The van der Waals surface area contributed by atoms with E-state index >= 15 is 0 Å². The number of rotatable bonds is 7. The van der Waals surface area contributed by atoms with Crippen molar-refractivity contribution in [3.63, 3.8) is 0 Å². The van der Waals surface area contributed by atoms with E-state index in [2.05, 4.69) is 52.0 Å². The van der Waals surface area contributed by atoms with Gasteiger partial charge in [-0.05, 0) is 41.1 Å². The molecule has 0 spiro atoms. The lowest BCUT2D eigenvalue weighted by Crippen LogP contribution is -2.07. The Bertz CT molecular complexity index is 339. The average Bonchev–Trinajstić information content (AvgIpc) is 2.24. The molecular weight excluding hydrogens is 278 g/mol. The zero-order valence-electron chi connectivity index (χ0n) is 11.0. The van der Waals surface area contributed by atoms with Crippen LogP contribution in [0.2, 0.25) is 0 Å². The predicted molar refractivity (Wildman–Crippen MR) is 76.3 cm³/mol. The summed E-state index contributed by atoms with van der Waals surface area (Å²) in [5.74, 6) is 2.61. The van der Waals surface area contributed by atoms with Crippen molar-refractivity contribution >= 4 is 21.7 Å². The zero-order valence-corrected chi connectivity index (χ0v) is 12.5. The number of aryl methyl sites for hydroxylation is 1. The highest BCUT2D eigenvalue weighted by atomic mass is 79.9. The Kier molecular flexibility index (Phi) is 6.48. The van der Waals surface area contributed by atoms with E-state index in [-0.39, 0.29) is 0 Å². The summed E-state index contributed by atoms with van der Waals surface area (Å²) in [7, 11) is 0. The second kappa shape index (κ2) is 7.64. The predicted octanol–water partition coefficient (Wildman–Crippen LogP) is 4.04. The molecule has 1 rings (SSSR count). The molecule has 0 aliphatic carbocycles. The summed E-state index contributed by atoms with van der Waals surface area (Å²) in [5, 5.41) is 3.36. The summed E-state index contributed by atoms with van der Waals surface area (Å²) >= 11 is 3.42. The number of nitrogens with one attached hydrogen (secondary N) is 1. The lowest BCUT2D eigenvalue weighted by atomic mass is 10.1. The number of anilines is 1. The van der Waals surface area contributed by atoms with Crippen molar-refractivity contribution in [2.45, 2.75) is 46.5 Å². The topological polar surface area (TPSA) is 37.8 Å². The molecule has 0 unspecified atom stereocenters. The fraction of sp³-hybridized carbons (Fsp3) is 0.692. The highest BCUT2D eigenvalue weighted by Gasteiger charge is 2.02. The smallest absolute Gasteiger partial charge is 0.132 e. The van der Waals surface area contributed by atoms with Gasteiger partial charge in [0.1, 0.15) is 16.2 Å². The van der Waals surface area contributed by atoms with Crippen LogP contribution in [-0.4, -0.2) is 16.5 Å². The molecule has 0 aromatic carbocycles. The fourth-order valence-electron chi connectivity index (χ4n) is 1.62. The zero-order chi connectivity index (χ0) is 12.7. The molecule has 0 aliphatic heterocycles. The maximum atomic E-state index is 4.49. The van der Waals surface area contributed by atoms with Gasteiger partial charge in [-0.3, -0.25) is 0 Å². The Morgan fingerprint density at radius 2 is 2.12 bits per heavy atom. The third kappa shape index (κ3) is 6.01. The van der Waals surface area contributed by atoms with Crippen LogP contribution in [0.15, 0.2) is 10.7 Å². The minimum atomic E-state index is 0.768. The van der Waals surface area contributed by atoms with E-state index in [0.717, 1.165) is 41.5 Å². The minimum Gasteiger partial charge on any atom is -0.370 e. The van der Waals surface area contributed by atoms with Crippen LogP contribution in [-0.2, 0) is 6.42 Å². The van der Waals surface area contributed by atoms with Crippen LogP contribution in [0, 0.1) is 5.92 Å². The number of hydrogen-bond donors (Lipinski definition) is 1. The van der Waals surface area contributed by atoms with Crippen LogP contribution in [0.1, 0.15) is 45.9 Å². The van der Waals surface area contributed by atoms with Crippen molar-refractivity contribution in [1.29, 1.82) is 0 Å². The van der Waals surface area contributed by atoms with Crippen molar-refractivity contribution in [3.8, 4) is 0 Å². The number of hydrogen-bond acceptors (Lipinski definition) is 3. The first-order valence-corrected chi connectivity index (χ1v) is 7.18. The number of nitrogens with zero attached hydrogens (tertiary/aromatic N) is 2. The molecule has 96 valence electrons. The highest BCUT2D eigenvalue weighted by Crippen LogP contribution is 2.13. The summed E-state index contributed by atoms with van der Waals surface area (Å²) < 4.78 is 0.863. The normalized spacial score (nSPS) is 10.9. The molecule has 0 radical (unpaired) electrons. The molecule has 0 fully saturated rings. The van der Waals surface area contributed by atoms with E-state index in [1.165, 1.54) is 12.8 Å². The first-order valence-electron chi connectivity index (χ1n) is 6.39. The molecule has 1 N–H and O–H groups in total. The van der Waals surface area contributed by atoms with Crippen LogP contribution in [0.3, 0.4) is 0 Å². The van der Waals surface area contributed by atoms with E-state index in [1.807, 2.05) is 6.07 Å². The van der Waals surface area contributed by atoms with Crippen molar-refractivity contribution in [2.24, 2.45) is 5.92 Å². The van der Waals surface area contributed by atoms with Crippen molar-refractivity contribution in [2.75, 3.05) is 11.9 Å². The van der Waals surface area contributed by atoms with E-state index in [4.69, 9.17) is 0 Å². The van der Waals surface area contributed by atoms with Gasteiger partial charge in [0.25, 0.3) is 0 Å². The van der Waals surface area contributed by atoms with Crippen molar-refractivity contribution < 1.29 is 0 Å². The van der Waals surface area contributed by atoms with Crippen LogP contribution >= 0.6 is 15.9 Å². The molecule has 17 heavy (non-hydrogen) atoms. The quantitative estimate of drug-likeness (QED) is 0.610. The average molecular weight is 300 g/mol. The van der Waals surface area contributed by atoms with Crippen LogP contribution in [0.4, 0.5) is 5.82 Å². The van der Waals surface area contributed by atoms with Gasteiger partial charge in [0.05, 0.1) is 0 Å². The van der Waals surface area contributed by atoms with Crippen LogP contribution in [0.25, 0.3) is 0 Å². The van der Waals surface area contributed by atoms with Gasteiger partial charge in [-0.1, -0.05) is 20.8 Å². The molecular formula is C13H22BrN3. The van der Waals surface area contributed by atoms with Crippen molar-refractivity contribution in [1.82, 2.24) is 9.97 Å². The van der Waals surface area contributed by atoms with E-state index in [9.17, 15) is 0 Å². The van der Waals surface area contributed by atoms with E-state index in [0.29, 0.717) is 0 Å². The van der Waals surface area contributed by atoms with Gasteiger partial charge in [0, 0.05) is 19.0 Å². The standard InChI is InChI=1S/C13H22BrN3/c1-4-6-12-16-11(14)9-13(17-12)15-8-5-7-10(2)3/h9-10H,4-8H2,1-3H3,(H,15,16,17). The molecule has 0 bridgehead atoms. The van der Waals surface area contributed by atoms with Gasteiger partial charge in [0.2, 0.25) is 0 Å². The molecule has 4 heteroatoms. The SMILES string of the molecule is CCCc1nc(Br)cc(NCCCC(C)C)n1. The second-order valence-electron chi connectivity index (χ2n) is 4.70. The molecule has 1 aromatic heterocycles. The largest absolute Gasteiger partial charge is 0.370 e. The third-order valence-electron chi connectivity index (χ3n) is 2.48. The Labute approximate surface area is 113 Å². The summed E-state index contributed by atoms with van der Waals surface area (Å²) in [6, 6.07) is 1.94. The van der Waals surface area contributed by atoms with Crippen LogP contribution < -0.4 is 5.32 Å². The molecule has 1 heterocycles. The van der Waals surface area contributed by atoms with Gasteiger partial charge in [0.15, 0.2) is 0 Å². The molecule has 0 saturated carbocycles. The Hall–Kier alpha value is -0.640. The maximum absolute atomic E-state index is 4.49. The lowest BCUT2D eigenvalue weighted by Gasteiger charge is -2.08.